The normalized spacial score (nSPS) is 14.7. The first-order valence-corrected chi connectivity index (χ1v) is 6.27. The third-order valence-electron chi connectivity index (χ3n) is 3.00. The van der Waals surface area contributed by atoms with Crippen LogP contribution in [0.1, 0.15) is 19.3 Å². The summed E-state index contributed by atoms with van der Waals surface area (Å²) in [6.45, 7) is 0.874. The van der Waals surface area contributed by atoms with Crippen molar-refractivity contribution in [2.75, 3.05) is 18.9 Å². The molecule has 0 heterocycles. The number of carbonyl (C=O) groups excluding carboxylic acids is 1. The molecule has 0 saturated heterocycles. The number of nitrogens with two attached hydrogens (primary N) is 1. The molecule has 0 radical (unpaired) electrons. The van der Waals surface area contributed by atoms with E-state index in [0.717, 1.165) is 12.8 Å². The van der Waals surface area contributed by atoms with E-state index in [1.54, 1.807) is 6.07 Å². The Hall–Kier alpha value is -1.91. The zero-order valence-corrected chi connectivity index (χ0v) is 10.3. The highest BCUT2D eigenvalue weighted by atomic mass is 16.5. The van der Waals surface area contributed by atoms with Gasteiger partial charge in [-0.15, -0.1) is 0 Å². The summed E-state index contributed by atoms with van der Waals surface area (Å²) in [7, 11) is 0. The third kappa shape index (κ3) is 3.55. The van der Waals surface area contributed by atoms with Crippen molar-refractivity contribution in [2.24, 2.45) is 0 Å². The molecule has 5 nitrogen and oxygen atoms in total. The van der Waals surface area contributed by atoms with Crippen LogP contribution in [-0.2, 0) is 0 Å². The van der Waals surface area contributed by atoms with Crippen molar-refractivity contribution in [2.45, 2.75) is 25.3 Å². The van der Waals surface area contributed by atoms with Crippen molar-refractivity contribution in [3.63, 3.8) is 0 Å². The third-order valence-corrected chi connectivity index (χ3v) is 3.00. The maximum absolute atomic E-state index is 11.4. The second-order valence-corrected chi connectivity index (χ2v) is 4.41. The van der Waals surface area contributed by atoms with Gasteiger partial charge in [0.25, 0.3) is 0 Å². The number of nitrogen functional groups attached to an aromatic ring is 1. The molecule has 2 amide bonds. The lowest BCUT2D eigenvalue weighted by Gasteiger charge is -2.26. The van der Waals surface area contributed by atoms with Gasteiger partial charge < -0.3 is 21.1 Å². The molecule has 1 aromatic rings. The number of benzene rings is 1. The first-order valence-electron chi connectivity index (χ1n) is 6.27. The molecule has 0 atom stereocenters. The van der Waals surface area contributed by atoms with Gasteiger partial charge in [0.05, 0.1) is 12.2 Å². The van der Waals surface area contributed by atoms with Gasteiger partial charge in [-0.3, -0.25) is 0 Å². The monoisotopic (exact) mass is 249 g/mol. The summed E-state index contributed by atoms with van der Waals surface area (Å²) in [5.41, 5.74) is 6.34. The van der Waals surface area contributed by atoms with Crippen LogP contribution in [0.3, 0.4) is 0 Å². The molecule has 0 bridgehead atoms. The fourth-order valence-corrected chi connectivity index (χ4v) is 1.73. The largest absolute Gasteiger partial charge is 0.490 e. The highest BCUT2D eigenvalue weighted by molar-refractivity contribution is 5.74. The molecule has 0 aromatic heterocycles. The Labute approximate surface area is 107 Å². The van der Waals surface area contributed by atoms with Crippen molar-refractivity contribution in [1.29, 1.82) is 0 Å². The lowest BCUT2D eigenvalue weighted by Crippen LogP contribution is -2.46. The number of carbonyl (C=O) groups is 1. The van der Waals surface area contributed by atoms with Crippen LogP contribution in [0.4, 0.5) is 10.5 Å². The molecule has 0 unspecified atom stereocenters. The number of nitrogens with one attached hydrogen (secondary N) is 2. The maximum atomic E-state index is 11.4. The van der Waals surface area contributed by atoms with Gasteiger partial charge in [-0.1, -0.05) is 12.1 Å². The van der Waals surface area contributed by atoms with Gasteiger partial charge in [0.1, 0.15) is 12.4 Å². The second-order valence-electron chi connectivity index (χ2n) is 4.41. The standard InChI is InChI=1S/C13H19N3O2/c14-11-6-1-2-7-12(11)18-9-8-15-13(17)16-10-4-3-5-10/h1-2,6-7,10H,3-5,8-9,14H2,(H2,15,16,17). The fourth-order valence-electron chi connectivity index (χ4n) is 1.73. The van der Waals surface area contributed by atoms with Crippen LogP contribution in [0.25, 0.3) is 0 Å². The Morgan fingerprint density at radius 3 is 2.83 bits per heavy atom. The Morgan fingerprint density at radius 2 is 2.17 bits per heavy atom. The highest BCUT2D eigenvalue weighted by Crippen LogP contribution is 2.19. The average Bonchev–Trinajstić information content (AvgIpc) is 2.31. The van der Waals surface area contributed by atoms with Crippen molar-refractivity contribution < 1.29 is 9.53 Å². The van der Waals surface area contributed by atoms with Gasteiger partial charge in [0.2, 0.25) is 0 Å². The minimum atomic E-state index is -0.121. The number of urea groups is 1. The predicted molar refractivity (Wildman–Crippen MR) is 70.5 cm³/mol. The molecular weight excluding hydrogens is 230 g/mol. The number of hydrogen-bond donors (Lipinski definition) is 3. The summed E-state index contributed by atoms with van der Waals surface area (Å²) in [6.07, 6.45) is 3.39. The van der Waals surface area contributed by atoms with E-state index in [1.807, 2.05) is 18.2 Å². The van der Waals surface area contributed by atoms with E-state index in [1.165, 1.54) is 6.42 Å². The van der Waals surface area contributed by atoms with Gasteiger partial charge in [0, 0.05) is 6.04 Å². The lowest BCUT2D eigenvalue weighted by molar-refractivity contribution is 0.224. The van der Waals surface area contributed by atoms with Crippen LogP contribution in [0.2, 0.25) is 0 Å². The molecule has 98 valence electrons. The zero-order chi connectivity index (χ0) is 12.8. The van der Waals surface area contributed by atoms with Crippen molar-refractivity contribution in [3.8, 4) is 5.75 Å². The molecule has 1 aliphatic rings. The van der Waals surface area contributed by atoms with E-state index < -0.39 is 0 Å². The van der Waals surface area contributed by atoms with Gasteiger partial charge >= 0.3 is 6.03 Å². The Morgan fingerprint density at radius 1 is 1.39 bits per heavy atom. The molecule has 4 N–H and O–H groups in total. The summed E-state index contributed by atoms with van der Waals surface area (Å²) in [5, 5.41) is 5.65. The molecule has 0 aliphatic heterocycles. The number of hydrogen-bond acceptors (Lipinski definition) is 3. The quantitative estimate of drug-likeness (QED) is 0.546. The molecule has 1 aliphatic carbocycles. The van der Waals surface area contributed by atoms with E-state index in [9.17, 15) is 4.79 Å². The smallest absolute Gasteiger partial charge is 0.315 e. The molecule has 2 rings (SSSR count). The first kappa shape index (κ1) is 12.5. The Balaban J connectivity index is 1.60. The van der Waals surface area contributed by atoms with Gasteiger partial charge in [-0.05, 0) is 31.4 Å². The summed E-state index contributed by atoms with van der Waals surface area (Å²) < 4.78 is 5.46. The Bertz CT molecular complexity index is 405. The molecular formula is C13H19N3O2. The topological polar surface area (TPSA) is 76.4 Å². The maximum Gasteiger partial charge on any atom is 0.315 e. The summed E-state index contributed by atoms with van der Waals surface area (Å²) in [4.78, 5) is 11.4. The van der Waals surface area contributed by atoms with Crippen molar-refractivity contribution in [3.05, 3.63) is 24.3 Å². The van der Waals surface area contributed by atoms with E-state index in [4.69, 9.17) is 10.5 Å². The minimum absolute atomic E-state index is 0.121. The van der Waals surface area contributed by atoms with Gasteiger partial charge in [0.15, 0.2) is 0 Å². The van der Waals surface area contributed by atoms with Crippen LogP contribution < -0.4 is 21.1 Å². The molecule has 1 saturated carbocycles. The second kappa shape index (κ2) is 6.14. The van der Waals surface area contributed by atoms with Crippen LogP contribution in [0, 0.1) is 0 Å². The molecule has 5 heteroatoms. The number of ether oxygens (including phenoxy) is 1. The molecule has 0 spiro atoms. The average molecular weight is 249 g/mol. The summed E-state index contributed by atoms with van der Waals surface area (Å²) in [5.74, 6) is 0.652. The SMILES string of the molecule is Nc1ccccc1OCCNC(=O)NC1CCC1. The molecule has 1 aromatic carbocycles. The van der Waals surface area contributed by atoms with Gasteiger partial charge in [-0.25, -0.2) is 4.79 Å². The van der Waals surface area contributed by atoms with E-state index >= 15 is 0 Å². The van der Waals surface area contributed by atoms with Crippen LogP contribution in [0.5, 0.6) is 5.75 Å². The van der Waals surface area contributed by atoms with Crippen LogP contribution in [-0.4, -0.2) is 25.2 Å². The fraction of sp³-hybridized carbons (Fsp3) is 0.462. The number of rotatable bonds is 5. The lowest BCUT2D eigenvalue weighted by atomic mass is 9.93. The van der Waals surface area contributed by atoms with E-state index in [-0.39, 0.29) is 6.03 Å². The number of para-hydroxylation sites is 2. The first-order chi connectivity index (χ1) is 8.75. The summed E-state index contributed by atoms with van der Waals surface area (Å²) >= 11 is 0. The zero-order valence-electron chi connectivity index (χ0n) is 10.3. The van der Waals surface area contributed by atoms with E-state index in [0.29, 0.717) is 30.6 Å². The Kier molecular flexibility index (Phi) is 4.28. The predicted octanol–water partition coefficient (Wildman–Crippen LogP) is 1.50. The van der Waals surface area contributed by atoms with Crippen molar-refractivity contribution in [1.82, 2.24) is 10.6 Å². The highest BCUT2D eigenvalue weighted by Gasteiger charge is 2.18. The van der Waals surface area contributed by atoms with Gasteiger partial charge in [-0.2, -0.15) is 0 Å². The van der Waals surface area contributed by atoms with Crippen LogP contribution >= 0.6 is 0 Å². The summed E-state index contributed by atoms with van der Waals surface area (Å²) in [6, 6.07) is 7.55. The number of amides is 2. The molecule has 18 heavy (non-hydrogen) atoms. The van der Waals surface area contributed by atoms with E-state index in [2.05, 4.69) is 10.6 Å². The van der Waals surface area contributed by atoms with Crippen LogP contribution in [0.15, 0.2) is 24.3 Å². The number of anilines is 1. The van der Waals surface area contributed by atoms with Crippen molar-refractivity contribution >= 4 is 11.7 Å². The molecule has 1 fully saturated rings. The minimum Gasteiger partial charge on any atom is -0.490 e.